The molecule has 1 aliphatic rings. The third-order valence-electron chi connectivity index (χ3n) is 7.88. The van der Waals surface area contributed by atoms with Crippen molar-refractivity contribution in [3.05, 3.63) is 70.0 Å². The van der Waals surface area contributed by atoms with Crippen LogP contribution in [0.2, 0.25) is 0 Å². The van der Waals surface area contributed by atoms with Crippen LogP contribution < -0.4 is 0 Å². The van der Waals surface area contributed by atoms with Gasteiger partial charge in [0.05, 0.1) is 25.4 Å². The minimum Gasteiger partial charge on any atom is -0.507 e. The molecule has 2 N–H and O–H groups in total. The Kier molecular flexibility index (Phi) is 10.3. The monoisotopic (exact) mass is 555 g/mol. The van der Waals surface area contributed by atoms with Gasteiger partial charge in [0.1, 0.15) is 11.5 Å². The van der Waals surface area contributed by atoms with Crippen LogP contribution in [0, 0.1) is 27.7 Å². The molecule has 2 aromatic carbocycles. The van der Waals surface area contributed by atoms with Crippen molar-refractivity contribution in [2.75, 3.05) is 13.2 Å². The number of hydrogen-bond acceptors (Lipinski definition) is 7. The fourth-order valence-electron chi connectivity index (χ4n) is 6.45. The van der Waals surface area contributed by atoms with Crippen molar-refractivity contribution in [3.8, 4) is 11.5 Å². The minimum atomic E-state index is -0.306. The van der Waals surface area contributed by atoms with Gasteiger partial charge in [-0.05, 0) is 121 Å². The Morgan fingerprint density at radius 3 is 1.90 bits per heavy atom. The molecule has 40 heavy (non-hydrogen) atoms. The Bertz CT molecular complexity index is 1120. The van der Waals surface area contributed by atoms with E-state index < -0.39 is 0 Å². The summed E-state index contributed by atoms with van der Waals surface area (Å²) in [5.41, 5.74) is 4.98. The standard InChI is InChI=1S/C33H49NO6/c1-11-37-39-25(6)29(27-17-23(4)31(36)24(5)18-27)34-32(7,8)19-28(20-33(34,9)10)40-38-14-12-13-26-15-21(2)30(35)22(3)16-26/h15-18,28-29,35-36H,6,11-14,19-20H2,1-5,7-10H3. The summed E-state index contributed by atoms with van der Waals surface area (Å²) in [5.74, 6) is 1.17. The number of rotatable bonds is 12. The lowest BCUT2D eigenvalue weighted by atomic mass is 9.75. The average Bonchev–Trinajstić information content (AvgIpc) is 2.85. The van der Waals surface area contributed by atoms with Crippen molar-refractivity contribution in [2.45, 2.75) is 111 Å². The summed E-state index contributed by atoms with van der Waals surface area (Å²) in [6.07, 6.45) is 3.11. The van der Waals surface area contributed by atoms with Crippen LogP contribution in [0.3, 0.4) is 0 Å². The lowest BCUT2D eigenvalue weighted by molar-refractivity contribution is -0.342. The molecule has 1 atom stereocenters. The Morgan fingerprint density at radius 2 is 1.40 bits per heavy atom. The molecule has 0 radical (unpaired) electrons. The summed E-state index contributed by atoms with van der Waals surface area (Å²) < 4.78 is 0. The Hall–Kier alpha value is -2.58. The van der Waals surface area contributed by atoms with Crippen molar-refractivity contribution in [1.82, 2.24) is 4.90 Å². The summed E-state index contributed by atoms with van der Waals surface area (Å²) in [7, 11) is 0. The molecule has 0 spiro atoms. The molecule has 7 nitrogen and oxygen atoms in total. The number of aromatic hydroxyl groups is 2. The van der Waals surface area contributed by atoms with Crippen LogP contribution in [-0.2, 0) is 26.0 Å². The predicted molar refractivity (Wildman–Crippen MR) is 158 cm³/mol. The third kappa shape index (κ3) is 7.38. The van der Waals surface area contributed by atoms with Crippen LogP contribution in [0.4, 0.5) is 0 Å². The van der Waals surface area contributed by atoms with Crippen LogP contribution >= 0.6 is 0 Å². The lowest BCUT2D eigenvalue weighted by Crippen LogP contribution is -2.63. The molecule has 2 aromatic rings. The van der Waals surface area contributed by atoms with Crippen molar-refractivity contribution in [2.24, 2.45) is 0 Å². The minimum absolute atomic E-state index is 0.0792. The molecule has 0 amide bonds. The molecular weight excluding hydrogens is 506 g/mol. The SMILES string of the molecule is C=C(OOCC)C(c1cc(C)c(O)c(C)c1)N1C(C)(C)CC(OOCCCc2cc(C)c(O)c(C)c2)CC1(C)C. The number of likely N-dealkylation sites (tertiary alicyclic amines) is 1. The topological polar surface area (TPSA) is 80.6 Å². The summed E-state index contributed by atoms with van der Waals surface area (Å²) >= 11 is 0. The molecule has 1 fully saturated rings. The molecule has 1 aliphatic heterocycles. The zero-order valence-electron chi connectivity index (χ0n) is 25.9. The van der Waals surface area contributed by atoms with E-state index in [-0.39, 0.29) is 23.2 Å². The van der Waals surface area contributed by atoms with Gasteiger partial charge in [-0.1, -0.05) is 30.8 Å². The summed E-state index contributed by atoms with van der Waals surface area (Å²) in [6, 6.07) is 7.76. The highest BCUT2D eigenvalue weighted by atomic mass is 17.2. The fourth-order valence-corrected chi connectivity index (χ4v) is 6.45. The Morgan fingerprint density at radius 1 is 0.900 bits per heavy atom. The predicted octanol–water partition coefficient (Wildman–Crippen LogP) is 7.46. The summed E-state index contributed by atoms with van der Waals surface area (Å²) in [5, 5.41) is 20.4. The number of piperidine rings is 1. The van der Waals surface area contributed by atoms with Gasteiger partial charge >= 0.3 is 0 Å². The first-order valence-corrected chi connectivity index (χ1v) is 14.3. The average molecular weight is 556 g/mol. The molecular formula is C33H49NO6. The first-order chi connectivity index (χ1) is 18.7. The third-order valence-corrected chi connectivity index (χ3v) is 7.88. The Balaban J connectivity index is 1.72. The van der Waals surface area contributed by atoms with Crippen LogP contribution in [0.5, 0.6) is 11.5 Å². The van der Waals surface area contributed by atoms with Gasteiger partial charge < -0.3 is 15.1 Å². The number of aryl methyl sites for hydroxylation is 5. The van der Waals surface area contributed by atoms with Crippen LogP contribution in [0.25, 0.3) is 0 Å². The van der Waals surface area contributed by atoms with Gasteiger partial charge in [-0.2, -0.15) is 4.89 Å². The van der Waals surface area contributed by atoms with Crippen molar-refractivity contribution >= 4 is 0 Å². The number of phenolic OH excluding ortho intramolecular Hbond substituents is 2. The quantitative estimate of drug-likeness (QED) is 0.122. The van der Waals surface area contributed by atoms with E-state index in [1.807, 2.05) is 58.9 Å². The molecule has 7 heteroatoms. The van der Waals surface area contributed by atoms with Crippen molar-refractivity contribution in [3.63, 3.8) is 0 Å². The van der Waals surface area contributed by atoms with Gasteiger partial charge in [0, 0.05) is 11.1 Å². The molecule has 0 aromatic heterocycles. The maximum atomic E-state index is 10.4. The molecule has 0 aliphatic carbocycles. The molecule has 1 saturated heterocycles. The van der Waals surface area contributed by atoms with E-state index in [2.05, 4.69) is 39.2 Å². The van der Waals surface area contributed by atoms with Crippen molar-refractivity contribution < 1.29 is 29.8 Å². The normalized spacial score (nSPS) is 18.0. The molecule has 3 rings (SSSR count). The highest BCUT2D eigenvalue weighted by Crippen LogP contribution is 2.48. The molecule has 1 heterocycles. The molecule has 0 saturated carbocycles. The number of nitrogens with zero attached hydrogens (tertiary/aromatic N) is 1. The van der Waals surface area contributed by atoms with Gasteiger partial charge in [0.2, 0.25) is 0 Å². The van der Waals surface area contributed by atoms with Gasteiger partial charge in [-0.25, -0.2) is 9.78 Å². The van der Waals surface area contributed by atoms with E-state index in [9.17, 15) is 10.2 Å². The summed E-state index contributed by atoms with van der Waals surface area (Å²) in [4.78, 5) is 25.1. The van der Waals surface area contributed by atoms with E-state index in [1.54, 1.807) is 0 Å². The van der Waals surface area contributed by atoms with Gasteiger partial charge in [0.25, 0.3) is 0 Å². The van der Waals surface area contributed by atoms with Gasteiger partial charge in [0.15, 0.2) is 5.76 Å². The maximum Gasteiger partial charge on any atom is 0.157 e. The second kappa shape index (κ2) is 12.9. The first-order valence-electron chi connectivity index (χ1n) is 14.3. The second-order valence-electron chi connectivity index (χ2n) is 12.5. The summed E-state index contributed by atoms with van der Waals surface area (Å²) in [6.45, 7) is 23.5. The number of benzene rings is 2. The second-order valence-corrected chi connectivity index (χ2v) is 12.5. The van der Waals surface area contributed by atoms with Crippen LogP contribution in [-0.4, -0.2) is 45.5 Å². The van der Waals surface area contributed by atoms with E-state index in [4.69, 9.17) is 19.6 Å². The number of phenols is 2. The maximum absolute atomic E-state index is 10.4. The van der Waals surface area contributed by atoms with Gasteiger partial charge in [-0.15, -0.1) is 0 Å². The highest BCUT2D eigenvalue weighted by Gasteiger charge is 2.50. The van der Waals surface area contributed by atoms with Crippen LogP contribution in [0.1, 0.15) is 93.3 Å². The fraction of sp³-hybridized carbons (Fsp3) is 0.576. The molecule has 222 valence electrons. The lowest BCUT2D eigenvalue weighted by Gasteiger charge is -2.57. The first kappa shape index (κ1) is 31.9. The zero-order valence-corrected chi connectivity index (χ0v) is 25.9. The van der Waals surface area contributed by atoms with Gasteiger partial charge in [-0.3, -0.25) is 4.90 Å². The van der Waals surface area contributed by atoms with E-state index in [1.165, 1.54) is 5.56 Å². The van der Waals surface area contributed by atoms with E-state index >= 15 is 0 Å². The highest BCUT2D eigenvalue weighted by molar-refractivity contribution is 5.45. The van der Waals surface area contributed by atoms with E-state index in [0.29, 0.717) is 30.5 Å². The number of hydrogen-bond donors (Lipinski definition) is 2. The zero-order chi connectivity index (χ0) is 29.8. The molecule has 1 unspecified atom stereocenters. The van der Waals surface area contributed by atoms with E-state index in [0.717, 1.165) is 53.5 Å². The molecule has 0 bridgehead atoms. The largest absolute Gasteiger partial charge is 0.507 e. The Labute approximate surface area is 240 Å². The van der Waals surface area contributed by atoms with Crippen LogP contribution in [0.15, 0.2) is 36.6 Å². The smallest absolute Gasteiger partial charge is 0.157 e. The van der Waals surface area contributed by atoms with Crippen molar-refractivity contribution in [1.29, 1.82) is 0 Å².